The number of hydrogen-bond donors (Lipinski definition) is 1. The molecule has 0 saturated carbocycles. The molecule has 1 aliphatic heterocycles. The summed E-state index contributed by atoms with van der Waals surface area (Å²) in [5.74, 6) is -0.352. The zero-order valence-corrected chi connectivity index (χ0v) is 20.3. The molecule has 1 aromatic carbocycles. The Bertz CT molecular complexity index is 976. The largest absolute Gasteiger partial charge is 0.591 e. The minimum Gasteiger partial charge on any atom is -0.591 e. The molecule has 1 aliphatic rings. The van der Waals surface area contributed by atoms with Crippen LogP contribution in [0.15, 0.2) is 52.2 Å². The van der Waals surface area contributed by atoms with Gasteiger partial charge in [-0.2, -0.15) is 4.72 Å². The molecule has 2 aromatic rings. The molecular formula is C19H19Br2N3O5S. The first-order chi connectivity index (χ1) is 14.1. The summed E-state index contributed by atoms with van der Waals surface area (Å²) in [7, 11) is 0. The molecule has 2 unspecified atom stereocenters. The number of carbonyl (C=O) groups is 2. The van der Waals surface area contributed by atoms with E-state index in [1.165, 1.54) is 4.90 Å². The molecule has 1 aromatic heterocycles. The number of esters is 1. The van der Waals surface area contributed by atoms with E-state index in [9.17, 15) is 14.1 Å². The first kappa shape index (κ1) is 22.9. The lowest BCUT2D eigenvalue weighted by atomic mass is 10.1. The van der Waals surface area contributed by atoms with Crippen molar-refractivity contribution in [3.8, 4) is 0 Å². The van der Waals surface area contributed by atoms with Gasteiger partial charge < -0.3 is 13.8 Å². The van der Waals surface area contributed by atoms with Gasteiger partial charge in [-0.05, 0) is 31.9 Å². The summed E-state index contributed by atoms with van der Waals surface area (Å²) in [6, 6.07) is 10.8. The average Bonchev–Trinajstić information content (AvgIpc) is 3.10. The summed E-state index contributed by atoms with van der Waals surface area (Å²) in [5, 5.41) is 2.80. The molecule has 0 bridgehead atoms. The van der Waals surface area contributed by atoms with Gasteiger partial charge in [0.05, 0.1) is 11.4 Å². The van der Waals surface area contributed by atoms with Crippen molar-refractivity contribution < 1.29 is 23.4 Å². The number of likely N-dealkylation sites (tertiary alicyclic amines) is 1. The molecule has 30 heavy (non-hydrogen) atoms. The van der Waals surface area contributed by atoms with Crippen molar-refractivity contribution in [2.75, 3.05) is 4.72 Å². The minimum atomic E-state index is -1.83. The number of alkyl halides is 2. The Morgan fingerprint density at radius 2 is 2.03 bits per heavy atom. The highest BCUT2D eigenvalue weighted by atomic mass is 79.9. The molecule has 2 atom stereocenters. The van der Waals surface area contributed by atoms with Crippen molar-refractivity contribution >= 4 is 60.9 Å². The lowest BCUT2D eigenvalue weighted by Crippen LogP contribution is -2.71. The number of nitrogens with one attached hydrogen (secondary N) is 1. The number of allylic oxidation sites excluding steroid dienone is 1. The molecule has 0 radical (unpaired) electrons. The molecule has 160 valence electrons. The summed E-state index contributed by atoms with van der Waals surface area (Å²) in [6.07, 6.45) is 0. The number of rotatable bonds is 7. The van der Waals surface area contributed by atoms with E-state index in [4.69, 9.17) is 9.26 Å². The van der Waals surface area contributed by atoms with Crippen molar-refractivity contribution in [2.45, 2.75) is 36.0 Å². The maximum atomic E-state index is 13.0. The molecule has 1 N–H and O–H groups in total. The molecule has 2 heterocycles. The van der Waals surface area contributed by atoms with Crippen LogP contribution in [0.1, 0.15) is 25.2 Å². The Kier molecular flexibility index (Phi) is 6.95. The highest BCUT2D eigenvalue weighted by Gasteiger charge is 2.67. The molecule has 11 heteroatoms. The first-order valence-electron chi connectivity index (χ1n) is 8.83. The van der Waals surface area contributed by atoms with Gasteiger partial charge in [-0.25, -0.2) is 4.79 Å². The first-order valence-corrected chi connectivity index (χ1v) is 11.6. The van der Waals surface area contributed by atoms with Gasteiger partial charge in [-0.3, -0.25) is 9.69 Å². The molecule has 0 spiro atoms. The maximum Gasteiger partial charge on any atom is 0.355 e. The SMILES string of the molecule is CC(C)=C(C(=O)OCc1ccccc1)N1C(=O)C(Br)(Br)C1[S+]([O-])Nc1cc(C)on1. The Balaban J connectivity index is 1.80. The molecule has 3 rings (SSSR count). The standard InChI is InChI=1S/C19H19Br2N3O5S/c1-11(2)15(16(25)28-10-13-7-5-4-6-8-13)24-17(26)19(20,21)18(24)30(27)23-14-9-12(3)29-22-14/h4-9,18H,10H2,1-3H3,(H,22,23). The van der Waals surface area contributed by atoms with Crippen molar-refractivity contribution in [1.29, 1.82) is 0 Å². The van der Waals surface area contributed by atoms with E-state index in [1.807, 2.05) is 30.3 Å². The summed E-state index contributed by atoms with van der Waals surface area (Å²) in [5.41, 5.74) is 1.41. The van der Waals surface area contributed by atoms with Crippen LogP contribution in [-0.2, 0) is 32.3 Å². The van der Waals surface area contributed by atoms with Crippen LogP contribution >= 0.6 is 31.9 Å². The quantitative estimate of drug-likeness (QED) is 0.181. The number of aromatic nitrogens is 1. The van der Waals surface area contributed by atoms with Crippen LogP contribution < -0.4 is 4.72 Å². The average molecular weight is 561 g/mol. The molecule has 1 saturated heterocycles. The topological polar surface area (TPSA) is 108 Å². The van der Waals surface area contributed by atoms with Gasteiger partial charge in [-0.1, -0.05) is 67.3 Å². The number of ether oxygens (including phenoxy) is 1. The molecule has 8 nitrogen and oxygen atoms in total. The van der Waals surface area contributed by atoms with Crippen LogP contribution in [0.2, 0.25) is 0 Å². The predicted octanol–water partition coefficient (Wildman–Crippen LogP) is 3.75. The summed E-state index contributed by atoms with van der Waals surface area (Å²) < 4.78 is 24.8. The third-order valence-corrected chi connectivity index (χ3v) is 7.74. The van der Waals surface area contributed by atoms with E-state index in [-0.39, 0.29) is 18.1 Å². The number of hydrogen-bond acceptors (Lipinski definition) is 7. The molecule has 1 amide bonds. The monoisotopic (exact) mass is 559 g/mol. The van der Waals surface area contributed by atoms with E-state index in [0.29, 0.717) is 11.3 Å². The fraction of sp³-hybridized carbons (Fsp3) is 0.316. The summed E-state index contributed by atoms with van der Waals surface area (Å²) in [6.45, 7) is 5.12. The van der Waals surface area contributed by atoms with Gasteiger partial charge in [0.2, 0.25) is 9.05 Å². The van der Waals surface area contributed by atoms with Gasteiger partial charge in [0.1, 0.15) is 18.1 Å². The second kappa shape index (κ2) is 9.13. The highest BCUT2D eigenvalue weighted by molar-refractivity contribution is 9.26. The number of nitrogens with zero attached hydrogens (tertiary/aromatic N) is 2. The molecule has 1 fully saturated rings. The lowest BCUT2D eigenvalue weighted by Gasteiger charge is -2.48. The Morgan fingerprint density at radius 3 is 2.60 bits per heavy atom. The van der Waals surface area contributed by atoms with Crippen molar-refractivity contribution in [1.82, 2.24) is 10.1 Å². The van der Waals surface area contributed by atoms with Gasteiger partial charge >= 0.3 is 5.97 Å². The number of carbonyl (C=O) groups excluding carboxylic acids is 2. The predicted molar refractivity (Wildman–Crippen MR) is 119 cm³/mol. The van der Waals surface area contributed by atoms with Crippen LogP contribution in [0.5, 0.6) is 0 Å². The second-order valence-corrected chi connectivity index (χ2v) is 11.6. The third kappa shape index (κ3) is 4.58. The number of aryl methyl sites for hydroxylation is 1. The fourth-order valence-electron chi connectivity index (χ4n) is 2.83. The zero-order valence-electron chi connectivity index (χ0n) is 16.3. The Hall–Kier alpha value is -1.82. The van der Waals surface area contributed by atoms with Crippen LogP contribution in [0, 0.1) is 6.92 Å². The van der Waals surface area contributed by atoms with E-state index >= 15 is 0 Å². The number of anilines is 1. The summed E-state index contributed by atoms with van der Waals surface area (Å²) >= 11 is 4.71. The van der Waals surface area contributed by atoms with Crippen molar-refractivity contribution in [3.05, 3.63) is 59.0 Å². The van der Waals surface area contributed by atoms with E-state index < -0.39 is 31.8 Å². The van der Waals surface area contributed by atoms with E-state index in [0.717, 1.165) is 5.56 Å². The van der Waals surface area contributed by atoms with Crippen molar-refractivity contribution in [3.63, 3.8) is 0 Å². The minimum absolute atomic E-state index is 0.0435. The number of amides is 1. The van der Waals surface area contributed by atoms with Crippen molar-refractivity contribution in [2.24, 2.45) is 0 Å². The van der Waals surface area contributed by atoms with Gasteiger partial charge in [0.25, 0.3) is 11.3 Å². The summed E-state index contributed by atoms with van der Waals surface area (Å²) in [4.78, 5) is 26.8. The van der Waals surface area contributed by atoms with Crippen LogP contribution in [0.4, 0.5) is 5.82 Å². The van der Waals surface area contributed by atoms with Gasteiger partial charge in [-0.15, -0.1) is 0 Å². The second-order valence-electron chi connectivity index (χ2n) is 6.78. The fourth-order valence-corrected chi connectivity index (χ4v) is 5.81. The van der Waals surface area contributed by atoms with Crippen LogP contribution in [-0.4, -0.2) is 35.1 Å². The zero-order chi connectivity index (χ0) is 22.1. The third-order valence-electron chi connectivity index (χ3n) is 4.21. The van der Waals surface area contributed by atoms with Gasteiger partial charge in [0, 0.05) is 6.07 Å². The smallest absolute Gasteiger partial charge is 0.355 e. The van der Waals surface area contributed by atoms with E-state index in [1.54, 1.807) is 26.8 Å². The molecular weight excluding hydrogens is 542 g/mol. The van der Waals surface area contributed by atoms with Gasteiger partial charge in [0.15, 0.2) is 0 Å². The number of benzene rings is 1. The lowest BCUT2D eigenvalue weighted by molar-refractivity contribution is -0.150. The Labute approximate surface area is 193 Å². The molecule has 0 aliphatic carbocycles. The van der Waals surface area contributed by atoms with Crippen LogP contribution in [0.3, 0.4) is 0 Å². The normalized spacial score (nSPS) is 18.4. The number of β-lactam (4-membered cyclic amide) rings is 1. The number of halogens is 2. The van der Waals surface area contributed by atoms with Crippen LogP contribution in [0.25, 0.3) is 0 Å². The van der Waals surface area contributed by atoms with E-state index in [2.05, 4.69) is 41.7 Å². The maximum absolute atomic E-state index is 13.0. The Morgan fingerprint density at radius 1 is 1.37 bits per heavy atom. The highest BCUT2D eigenvalue weighted by Crippen LogP contribution is 2.49.